The molecular formula is C20H20Cl2N4O3S. The van der Waals surface area contributed by atoms with Crippen LogP contribution in [0.2, 0.25) is 10.0 Å². The van der Waals surface area contributed by atoms with Crippen LogP contribution in [0.25, 0.3) is 0 Å². The number of nitrogens with one attached hydrogen (secondary N) is 2. The van der Waals surface area contributed by atoms with E-state index < -0.39 is 10.0 Å². The van der Waals surface area contributed by atoms with E-state index in [1.54, 1.807) is 30.7 Å². The van der Waals surface area contributed by atoms with Crippen LogP contribution < -0.4 is 10.0 Å². The first-order chi connectivity index (χ1) is 14.1. The Balaban J connectivity index is 1.84. The predicted octanol–water partition coefficient (Wildman–Crippen LogP) is 4.61. The monoisotopic (exact) mass is 466 g/mol. The summed E-state index contributed by atoms with van der Waals surface area (Å²) in [6, 6.07) is 11.2. The number of amides is 1. The maximum absolute atomic E-state index is 12.8. The Hall–Kier alpha value is -2.55. The number of aromatic nitrogens is 2. The number of benzene rings is 2. The molecule has 0 fully saturated rings. The third-order valence-corrected chi connectivity index (χ3v) is 6.52. The highest BCUT2D eigenvalue weighted by Gasteiger charge is 2.20. The average Bonchev–Trinajstić information content (AvgIpc) is 2.92. The summed E-state index contributed by atoms with van der Waals surface area (Å²) in [6.07, 6.45) is 0. The fourth-order valence-electron chi connectivity index (χ4n) is 2.92. The van der Waals surface area contributed by atoms with Gasteiger partial charge in [0, 0.05) is 12.6 Å². The number of nitrogens with zero attached hydrogens (tertiary/aromatic N) is 2. The normalized spacial score (nSPS) is 11.4. The molecule has 10 heteroatoms. The van der Waals surface area contributed by atoms with Crippen molar-refractivity contribution in [1.29, 1.82) is 0 Å². The Kier molecular flexibility index (Phi) is 6.40. The molecule has 0 spiro atoms. The Morgan fingerprint density at radius 3 is 2.33 bits per heavy atom. The molecule has 0 aliphatic carbocycles. The van der Waals surface area contributed by atoms with Gasteiger partial charge in [0.1, 0.15) is 0 Å². The van der Waals surface area contributed by atoms with Crippen molar-refractivity contribution in [2.75, 3.05) is 10.0 Å². The van der Waals surface area contributed by atoms with Crippen LogP contribution in [0.5, 0.6) is 0 Å². The Morgan fingerprint density at radius 2 is 1.73 bits per heavy atom. The van der Waals surface area contributed by atoms with E-state index in [1.807, 2.05) is 6.07 Å². The molecule has 1 amide bonds. The molecule has 158 valence electrons. The van der Waals surface area contributed by atoms with Gasteiger partial charge in [0.25, 0.3) is 10.0 Å². The number of anilines is 2. The van der Waals surface area contributed by atoms with Crippen molar-refractivity contribution >= 4 is 50.5 Å². The van der Waals surface area contributed by atoms with E-state index in [0.717, 1.165) is 5.56 Å². The van der Waals surface area contributed by atoms with E-state index in [0.29, 0.717) is 39.4 Å². The first kappa shape index (κ1) is 22.1. The summed E-state index contributed by atoms with van der Waals surface area (Å²) in [6.45, 7) is 5.31. The highest BCUT2D eigenvalue weighted by Crippen LogP contribution is 2.26. The molecule has 2 aromatic carbocycles. The maximum atomic E-state index is 12.8. The summed E-state index contributed by atoms with van der Waals surface area (Å²) < 4.78 is 30.0. The van der Waals surface area contributed by atoms with Gasteiger partial charge in [-0.3, -0.25) is 14.2 Å². The highest BCUT2D eigenvalue weighted by atomic mass is 35.5. The largest absolute Gasteiger partial charge is 0.326 e. The SMILES string of the molecule is CC(=O)Nc1ccc(S(=O)(=O)Nc2c(C)nn(Cc3ccc(Cl)c(Cl)c3)c2C)cc1. The third kappa shape index (κ3) is 4.95. The predicted molar refractivity (Wildman–Crippen MR) is 119 cm³/mol. The molecule has 0 radical (unpaired) electrons. The van der Waals surface area contributed by atoms with Gasteiger partial charge < -0.3 is 5.32 Å². The van der Waals surface area contributed by atoms with Crippen molar-refractivity contribution in [3.8, 4) is 0 Å². The number of aryl methyl sites for hydroxylation is 1. The zero-order chi connectivity index (χ0) is 22.1. The average molecular weight is 467 g/mol. The summed E-state index contributed by atoms with van der Waals surface area (Å²) in [5, 5.41) is 7.96. The molecule has 0 saturated heterocycles. The third-order valence-electron chi connectivity index (χ3n) is 4.42. The molecule has 0 atom stereocenters. The Morgan fingerprint density at radius 1 is 1.07 bits per heavy atom. The second-order valence-electron chi connectivity index (χ2n) is 6.76. The number of halogens is 2. The number of carbonyl (C=O) groups excluding carboxylic acids is 1. The van der Waals surface area contributed by atoms with Gasteiger partial charge in [0.15, 0.2) is 0 Å². The lowest BCUT2D eigenvalue weighted by Crippen LogP contribution is -2.14. The van der Waals surface area contributed by atoms with Crippen LogP contribution in [0.3, 0.4) is 0 Å². The highest BCUT2D eigenvalue weighted by molar-refractivity contribution is 7.92. The smallest absolute Gasteiger partial charge is 0.262 e. The van der Waals surface area contributed by atoms with Crippen LogP contribution in [0.1, 0.15) is 23.9 Å². The summed E-state index contributed by atoms with van der Waals surface area (Å²) in [5.74, 6) is -0.232. The molecule has 1 heterocycles. The van der Waals surface area contributed by atoms with E-state index in [4.69, 9.17) is 23.2 Å². The molecule has 0 bridgehead atoms. The number of rotatable bonds is 6. The van der Waals surface area contributed by atoms with Gasteiger partial charge in [-0.15, -0.1) is 0 Å². The second kappa shape index (κ2) is 8.67. The molecule has 0 aliphatic heterocycles. The van der Waals surface area contributed by atoms with E-state index in [2.05, 4.69) is 15.1 Å². The van der Waals surface area contributed by atoms with Crippen LogP contribution >= 0.6 is 23.2 Å². The summed E-state index contributed by atoms with van der Waals surface area (Å²) in [5.41, 5.74) is 3.03. The molecular weight excluding hydrogens is 447 g/mol. The lowest BCUT2D eigenvalue weighted by atomic mass is 10.2. The van der Waals surface area contributed by atoms with Crippen LogP contribution in [0, 0.1) is 13.8 Å². The molecule has 2 N–H and O–H groups in total. The molecule has 1 aromatic heterocycles. The minimum Gasteiger partial charge on any atom is -0.326 e. The molecule has 0 saturated carbocycles. The number of hydrogen-bond donors (Lipinski definition) is 2. The topological polar surface area (TPSA) is 93.1 Å². The molecule has 3 aromatic rings. The van der Waals surface area contributed by atoms with E-state index in [-0.39, 0.29) is 10.8 Å². The zero-order valence-electron chi connectivity index (χ0n) is 16.5. The van der Waals surface area contributed by atoms with Crippen LogP contribution in [-0.2, 0) is 21.4 Å². The Bertz CT molecular complexity index is 1210. The first-order valence-electron chi connectivity index (χ1n) is 8.95. The quantitative estimate of drug-likeness (QED) is 0.554. The summed E-state index contributed by atoms with van der Waals surface area (Å²) in [7, 11) is -3.83. The standard InChI is InChI=1S/C20H20Cl2N4O3S/c1-12-20(13(2)26(24-12)11-15-4-9-18(21)19(22)10-15)25-30(28,29)17-7-5-16(6-8-17)23-14(3)27/h4-10,25H,11H2,1-3H3,(H,23,27). The minimum atomic E-state index is -3.83. The van der Waals surface area contributed by atoms with Crippen molar-refractivity contribution in [3.05, 3.63) is 69.5 Å². The second-order valence-corrected chi connectivity index (χ2v) is 9.26. The fraction of sp³-hybridized carbons (Fsp3) is 0.200. The fourth-order valence-corrected chi connectivity index (χ4v) is 4.42. The number of sulfonamides is 1. The summed E-state index contributed by atoms with van der Waals surface area (Å²) in [4.78, 5) is 11.2. The number of hydrogen-bond acceptors (Lipinski definition) is 4. The van der Waals surface area contributed by atoms with Gasteiger partial charge in [-0.25, -0.2) is 8.42 Å². The van der Waals surface area contributed by atoms with Gasteiger partial charge in [-0.05, 0) is 55.8 Å². The number of carbonyl (C=O) groups is 1. The van der Waals surface area contributed by atoms with E-state index in [1.165, 1.54) is 31.2 Å². The van der Waals surface area contributed by atoms with E-state index >= 15 is 0 Å². The molecule has 7 nitrogen and oxygen atoms in total. The minimum absolute atomic E-state index is 0.0765. The first-order valence-corrected chi connectivity index (χ1v) is 11.2. The van der Waals surface area contributed by atoms with Crippen molar-refractivity contribution in [3.63, 3.8) is 0 Å². The van der Waals surface area contributed by atoms with Gasteiger partial charge in [-0.2, -0.15) is 5.10 Å². The zero-order valence-corrected chi connectivity index (χ0v) is 18.9. The maximum Gasteiger partial charge on any atom is 0.262 e. The summed E-state index contributed by atoms with van der Waals surface area (Å²) >= 11 is 12.0. The van der Waals surface area contributed by atoms with E-state index in [9.17, 15) is 13.2 Å². The molecule has 3 rings (SSSR count). The van der Waals surface area contributed by atoms with Crippen molar-refractivity contribution in [1.82, 2.24) is 9.78 Å². The van der Waals surface area contributed by atoms with Crippen LogP contribution in [0.4, 0.5) is 11.4 Å². The van der Waals surface area contributed by atoms with Gasteiger partial charge in [0.2, 0.25) is 5.91 Å². The molecule has 0 unspecified atom stereocenters. The van der Waals surface area contributed by atoms with Crippen molar-refractivity contribution in [2.45, 2.75) is 32.2 Å². The van der Waals surface area contributed by atoms with Crippen LogP contribution in [0.15, 0.2) is 47.4 Å². The molecule has 30 heavy (non-hydrogen) atoms. The lowest BCUT2D eigenvalue weighted by molar-refractivity contribution is -0.114. The molecule has 0 aliphatic rings. The van der Waals surface area contributed by atoms with Crippen molar-refractivity contribution < 1.29 is 13.2 Å². The van der Waals surface area contributed by atoms with Crippen LogP contribution in [-0.4, -0.2) is 24.1 Å². The van der Waals surface area contributed by atoms with Gasteiger partial charge >= 0.3 is 0 Å². The lowest BCUT2D eigenvalue weighted by Gasteiger charge is -2.10. The van der Waals surface area contributed by atoms with Gasteiger partial charge in [-0.1, -0.05) is 29.3 Å². The Labute approximate surface area is 185 Å². The van der Waals surface area contributed by atoms with Crippen molar-refractivity contribution in [2.24, 2.45) is 0 Å². The van der Waals surface area contributed by atoms with Gasteiger partial charge in [0.05, 0.1) is 38.6 Å².